The van der Waals surface area contributed by atoms with Crippen LogP contribution in [0, 0.1) is 36.3 Å². The van der Waals surface area contributed by atoms with E-state index in [1.54, 1.807) is 0 Å². The Balaban J connectivity index is 0.000000806. The molecule has 3 aliphatic carbocycles. The Kier molecular flexibility index (Phi) is 9.20. The molecule has 30 heavy (non-hydrogen) atoms. The summed E-state index contributed by atoms with van der Waals surface area (Å²) in [6.07, 6.45) is 18.7. The van der Waals surface area contributed by atoms with E-state index >= 15 is 0 Å². The minimum Gasteiger partial charge on any atom is -0.203 e. The zero-order chi connectivity index (χ0) is 21.5. The first kappa shape index (κ1) is 23.7. The normalized spacial score (nSPS) is 25.4. The molecule has 0 saturated heterocycles. The molecule has 2 heteroatoms. The van der Waals surface area contributed by atoms with Gasteiger partial charge in [-0.25, -0.2) is 8.78 Å². The van der Waals surface area contributed by atoms with Crippen LogP contribution in [0.5, 0.6) is 0 Å². The molecule has 0 radical (unpaired) electrons. The molecule has 0 heterocycles. The first-order valence-corrected chi connectivity index (χ1v) is 13.0. The molecule has 0 amide bonds. The number of hydrogen-bond acceptors (Lipinski definition) is 0. The first-order valence-electron chi connectivity index (χ1n) is 13.0. The van der Waals surface area contributed by atoms with Crippen LogP contribution < -0.4 is 0 Å². The van der Waals surface area contributed by atoms with E-state index in [0.29, 0.717) is 23.5 Å². The maximum absolute atomic E-state index is 14.6. The van der Waals surface area contributed by atoms with Crippen LogP contribution in [0.1, 0.15) is 126 Å². The van der Waals surface area contributed by atoms with Crippen molar-refractivity contribution in [2.75, 3.05) is 0 Å². The standard InChI is InChI=1S/C25H36F2.C3H8/c1-17-16-22(24(26)25(27)23(17)21-8-5-9-21)15-12-18-10-13-20(14-11-18)19-6-3-2-4-7-19;1-3-2/h16,18-21H,2-15H2,1H3;3H2,1-2H3. The third-order valence-corrected chi connectivity index (χ3v) is 8.07. The van der Waals surface area contributed by atoms with Crippen LogP contribution >= 0.6 is 0 Å². The number of rotatable bonds is 5. The Morgan fingerprint density at radius 2 is 1.37 bits per heavy atom. The molecular weight excluding hydrogens is 374 g/mol. The van der Waals surface area contributed by atoms with Gasteiger partial charge < -0.3 is 0 Å². The van der Waals surface area contributed by atoms with Crippen LogP contribution in [0.25, 0.3) is 0 Å². The zero-order valence-electron chi connectivity index (χ0n) is 19.7. The van der Waals surface area contributed by atoms with Gasteiger partial charge in [-0.05, 0) is 85.8 Å². The van der Waals surface area contributed by atoms with Crippen LogP contribution in [-0.2, 0) is 6.42 Å². The largest absolute Gasteiger partial charge is 0.203 e. The van der Waals surface area contributed by atoms with Crippen LogP contribution in [0.15, 0.2) is 6.07 Å². The average molecular weight is 419 g/mol. The summed E-state index contributed by atoms with van der Waals surface area (Å²) in [4.78, 5) is 0. The lowest BCUT2D eigenvalue weighted by Gasteiger charge is -2.36. The second-order valence-corrected chi connectivity index (χ2v) is 10.4. The maximum Gasteiger partial charge on any atom is 0.162 e. The highest BCUT2D eigenvalue weighted by atomic mass is 19.2. The van der Waals surface area contributed by atoms with Crippen molar-refractivity contribution in [3.8, 4) is 0 Å². The third-order valence-electron chi connectivity index (χ3n) is 8.07. The topological polar surface area (TPSA) is 0 Å². The van der Waals surface area contributed by atoms with Gasteiger partial charge in [-0.2, -0.15) is 0 Å². The highest BCUT2D eigenvalue weighted by Crippen LogP contribution is 2.42. The second kappa shape index (κ2) is 11.6. The van der Waals surface area contributed by atoms with Gasteiger partial charge in [0.2, 0.25) is 0 Å². The van der Waals surface area contributed by atoms with Gasteiger partial charge in [0.25, 0.3) is 0 Å². The minimum atomic E-state index is -0.557. The SMILES string of the molecule is CCC.Cc1cc(CCC2CCC(C3CCCCC3)CC2)c(F)c(F)c1C1CCC1. The van der Waals surface area contributed by atoms with Gasteiger partial charge in [0.05, 0.1) is 0 Å². The van der Waals surface area contributed by atoms with Crippen LogP contribution in [0.4, 0.5) is 8.78 Å². The fourth-order valence-electron chi connectivity index (χ4n) is 6.13. The smallest absolute Gasteiger partial charge is 0.162 e. The Bertz CT molecular complexity index is 647. The zero-order valence-corrected chi connectivity index (χ0v) is 19.7. The van der Waals surface area contributed by atoms with Gasteiger partial charge in [-0.15, -0.1) is 0 Å². The fraction of sp³-hybridized carbons (Fsp3) is 0.786. The van der Waals surface area contributed by atoms with E-state index in [2.05, 4.69) is 13.8 Å². The Hall–Kier alpha value is -0.920. The summed E-state index contributed by atoms with van der Waals surface area (Å²) >= 11 is 0. The van der Waals surface area contributed by atoms with Crippen molar-refractivity contribution in [3.63, 3.8) is 0 Å². The van der Waals surface area contributed by atoms with Crippen molar-refractivity contribution < 1.29 is 8.78 Å². The first-order chi connectivity index (χ1) is 14.5. The lowest BCUT2D eigenvalue weighted by atomic mass is 9.70. The molecule has 0 unspecified atom stereocenters. The number of hydrogen-bond donors (Lipinski definition) is 0. The Labute approximate surface area is 184 Å². The lowest BCUT2D eigenvalue weighted by molar-refractivity contribution is 0.163. The van der Waals surface area contributed by atoms with Crippen molar-refractivity contribution in [3.05, 3.63) is 34.4 Å². The van der Waals surface area contributed by atoms with Crippen molar-refractivity contribution in [1.82, 2.24) is 0 Å². The van der Waals surface area contributed by atoms with Crippen molar-refractivity contribution in [2.24, 2.45) is 17.8 Å². The van der Waals surface area contributed by atoms with Gasteiger partial charge >= 0.3 is 0 Å². The average Bonchev–Trinajstić information content (AvgIpc) is 2.73. The number of benzene rings is 1. The van der Waals surface area contributed by atoms with E-state index in [0.717, 1.165) is 43.1 Å². The van der Waals surface area contributed by atoms with Crippen molar-refractivity contribution >= 4 is 0 Å². The molecule has 3 saturated carbocycles. The van der Waals surface area contributed by atoms with Crippen molar-refractivity contribution in [1.29, 1.82) is 0 Å². The summed E-state index contributed by atoms with van der Waals surface area (Å²) in [7, 11) is 0. The molecule has 1 aromatic carbocycles. The second-order valence-electron chi connectivity index (χ2n) is 10.4. The molecule has 0 atom stereocenters. The third kappa shape index (κ3) is 5.86. The quantitative estimate of drug-likeness (QED) is 0.447. The summed E-state index contributed by atoms with van der Waals surface area (Å²) < 4.78 is 29.3. The Morgan fingerprint density at radius 1 is 0.767 bits per heavy atom. The Morgan fingerprint density at radius 3 is 1.93 bits per heavy atom. The summed E-state index contributed by atoms with van der Waals surface area (Å²) in [5.74, 6) is 1.78. The summed E-state index contributed by atoms with van der Waals surface area (Å²) in [6, 6.07) is 1.94. The van der Waals surface area contributed by atoms with E-state index in [1.807, 2.05) is 13.0 Å². The minimum absolute atomic E-state index is 0.253. The molecular formula is C28H44F2. The van der Waals surface area contributed by atoms with Gasteiger partial charge in [-0.1, -0.05) is 77.7 Å². The maximum atomic E-state index is 14.6. The number of aryl methyl sites for hydroxylation is 2. The van der Waals surface area contributed by atoms with Crippen LogP contribution in [0.2, 0.25) is 0 Å². The van der Waals surface area contributed by atoms with E-state index in [9.17, 15) is 8.78 Å². The van der Waals surface area contributed by atoms with E-state index in [-0.39, 0.29) is 5.92 Å². The van der Waals surface area contributed by atoms with Gasteiger partial charge in [0.1, 0.15) is 0 Å². The van der Waals surface area contributed by atoms with Gasteiger partial charge in [0, 0.05) is 0 Å². The molecule has 0 nitrogen and oxygen atoms in total. The fourth-order valence-corrected chi connectivity index (χ4v) is 6.13. The van der Waals surface area contributed by atoms with Gasteiger partial charge in [-0.3, -0.25) is 0 Å². The summed E-state index contributed by atoms with van der Waals surface area (Å²) in [6.45, 7) is 6.22. The molecule has 0 aromatic heterocycles. The molecule has 0 aliphatic heterocycles. The molecule has 0 bridgehead atoms. The number of halogens is 2. The summed E-state index contributed by atoms with van der Waals surface area (Å²) in [5.41, 5.74) is 2.24. The molecule has 170 valence electrons. The highest BCUT2D eigenvalue weighted by molar-refractivity contribution is 5.37. The summed E-state index contributed by atoms with van der Waals surface area (Å²) in [5, 5.41) is 0. The predicted molar refractivity (Wildman–Crippen MR) is 124 cm³/mol. The highest BCUT2D eigenvalue weighted by Gasteiger charge is 2.30. The molecule has 0 spiro atoms. The van der Waals surface area contributed by atoms with Crippen LogP contribution in [-0.4, -0.2) is 0 Å². The molecule has 1 aromatic rings. The van der Waals surface area contributed by atoms with E-state index in [4.69, 9.17) is 0 Å². The lowest BCUT2D eigenvalue weighted by Crippen LogP contribution is -2.24. The van der Waals surface area contributed by atoms with E-state index < -0.39 is 11.6 Å². The molecule has 3 fully saturated rings. The molecule has 3 aliphatic rings. The van der Waals surface area contributed by atoms with Crippen LogP contribution in [0.3, 0.4) is 0 Å². The van der Waals surface area contributed by atoms with Gasteiger partial charge in [0.15, 0.2) is 11.6 Å². The molecule has 0 N–H and O–H groups in total. The van der Waals surface area contributed by atoms with Crippen molar-refractivity contribution in [2.45, 2.75) is 123 Å². The predicted octanol–water partition coefficient (Wildman–Crippen LogP) is 9.28. The monoisotopic (exact) mass is 418 g/mol. The van der Waals surface area contributed by atoms with E-state index in [1.165, 1.54) is 64.2 Å². The molecule has 4 rings (SSSR count).